The van der Waals surface area contributed by atoms with E-state index in [1.807, 2.05) is 0 Å². The predicted molar refractivity (Wildman–Crippen MR) is 235 cm³/mol. The van der Waals surface area contributed by atoms with Gasteiger partial charge in [0, 0.05) is 46.7 Å². The van der Waals surface area contributed by atoms with Crippen LogP contribution in [0.15, 0.2) is 133 Å². The van der Waals surface area contributed by atoms with E-state index in [1.165, 1.54) is 103 Å². The topological polar surface area (TPSA) is 90.3 Å². The number of hydrogen-bond acceptors (Lipinski definition) is 4. The molecule has 0 unspecified atom stereocenters. The number of benzene rings is 5. The Hall–Kier alpha value is -5.51. The first kappa shape index (κ1) is 44.5. The van der Waals surface area contributed by atoms with Crippen molar-refractivity contribution in [2.24, 2.45) is 0 Å². The fourth-order valence-corrected chi connectivity index (χ4v) is 9.86. The van der Waals surface area contributed by atoms with E-state index < -0.39 is 31.1 Å². The first-order valence-electron chi connectivity index (χ1n) is 20.2. The molecule has 0 fully saturated rings. The Balaban J connectivity index is 0.000000331. The summed E-state index contributed by atoms with van der Waals surface area (Å²) in [4.78, 5) is 0. The summed E-state index contributed by atoms with van der Waals surface area (Å²) in [6, 6.07) is 38.1. The molecule has 0 atom stereocenters. The molecule has 62 heavy (non-hydrogen) atoms. The molecule has 0 saturated carbocycles. The van der Waals surface area contributed by atoms with Gasteiger partial charge in [0.2, 0.25) is 11.4 Å². The van der Waals surface area contributed by atoms with Crippen molar-refractivity contribution >= 4 is 75.5 Å². The fraction of sp³-hybridized carbons (Fsp3) is 0.255. The maximum atomic E-state index is 11.4. The zero-order valence-corrected chi connectivity index (χ0v) is 35.5. The van der Waals surface area contributed by atoms with Gasteiger partial charge < -0.3 is 8.69 Å². The van der Waals surface area contributed by atoms with Gasteiger partial charge in [0.1, 0.15) is 6.54 Å². The van der Waals surface area contributed by atoms with Gasteiger partial charge in [0.05, 0.1) is 10.9 Å². The maximum Gasteiger partial charge on any atom is 0.480 e. The molecule has 0 spiro atoms. The molecule has 0 bridgehead atoms. The quantitative estimate of drug-likeness (QED) is 0.0904. The average molecular weight is 892 g/mol. The molecule has 1 aliphatic carbocycles. The number of sulfonamides is 2. The molecule has 7 nitrogen and oxygen atoms in total. The van der Waals surface area contributed by atoms with Crippen LogP contribution in [0.2, 0.25) is 0 Å². The van der Waals surface area contributed by atoms with Crippen LogP contribution in [0.5, 0.6) is 0 Å². The summed E-state index contributed by atoms with van der Waals surface area (Å²) in [5, 5.41) is 8.11. The smallest absolute Gasteiger partial charge is 0.421 e. The molecule has 2 heterocycles. The Morgan fingerprint density at radius 1 is 0.677 bits per heavy atom. The molecule has 5 aromatic carbocycles. The third kappa shape index (κ3) is 8.75. The summed E-state index contributed by atoms with van der Waals surface area (Å²) in [6.45, 7) is 6.64. The maximum absolute atomic E-state index is 11.4. The molecule has 1 aliphatic heterocycles. The highest BCUT2D eigenvalue weighted by molar-refractivity contribution is 8.13. The molecule has 0 amide bonds. The molecular weight excluding hydrogens is 849 g/mol. The van der Waals surface area contributed by atoms with Crippen molar-refractivity contribution in [2.45, 2.75) is 69.9 Å². The minimum atomic E-state index is -6.72. The van der Waals surface area contributed by atoms with Crippen LogP contribution in [0.3, 0.4) is 0 Å². The number of hydrogen-bond donors (Lipinski definition) is 0. The van der Waals surface area contributed by atoms with E-state index in [4.69, 9.17) is 0 Å². The van der Waals surface area contributed by atoms with Crippen LogP contribution in [0, 0.1) is 0 Å². The Bertz CT molecular complexity index is 3020. The summed E-state index contributed by atoms with van der Waals surface area (Å²) in [5.41, 5.74) is -1.49. The van der Waals surface area contributed by atoms with Gasteiger partial charge in [-0.1, -0.05) is 124 Å². The van der Waals surface area contributed by atoms with Crippen LogP contribution in [-0.4, -0.2) is 49.3 Å². The van der Waals surface area contributed by atoms with E-state index in [1.54, 1.807) is 0 Å². The Morgan fingerprint density at radius 3 is 1.94 bits per heavy atom. The van der Waals surface area contributed by atoms with Crippen LogP contribution in [0.25, 0.3) is 48.2 Å². The molecular formula is C47H43F6N3O4S2. The van der Waals surface area contributed by atoms with E-state index in [-0.39, 0.29) is 0 Å². The summed E-state index contributed by atoms with van der Waals surface area (Å²) in [7, 11) is -13.4. The van der Waals surface area contributed by atoms with Gasteiger partial charge in [-0.05, 0) is 70.5 Å². The van der Waals surface area contributed by atoms with Crippen molar-refractivity contribution in [3.63, 3.8) is 0 Å². The number of aryl methyl sites for hydroxylation is 1. The lowest BCUT2D eigenvalue weighted by Gasteiger charge is -2.22. The zero-order valence-electron chi connectivity index (χ0n) is 33.8. The second-order valence-corrected chi connectivity index (χ2v) is 18.4. The van der Waals surface area contributed by atoms with Gasteiger partial charge in [0.25, 0.3) is 0 Å². The lowest BCUT2D eigenvalue weighted by molar-refractivity contribution is -0.436. The molecule has 8 rings (SSSR count). The van der Waals surface area contributed by atoms with Crippen molar-refractivity contribution in [1.82, 2.24) is 4.57 Å². The molecule has 1 aromatic heterocycles. The van der Waals surface area contributed by atoms with Crippen LogP contribution in [-0.2, 0) is 26.6 Å². The minimum absolute atomic E-state index is 0.778. The molecule has 324 valence electrons. The first-order valence-corrected chi connectivity index (χ1v) is 23.1. The third-order valence-corrected chi connectivity index (χ3v) is 13.7. The van der Waals surface area contributed by atoms with E-state index in [0.717, 1.165) is 30.1 Å². The van der Waals surface area contributed by atoms with Gasteiger partial charge in [-0.2, -0.15) is 30.9 Å². The molecule has 6 aromatic rings. The predicted octanol–water partition coefficient (Wildman–Crippen LogP) is 12.0. The monoisotopic (exact) mass is 891 g/mol. The van der Waals surface area contributed by atoms with Crippen LogP contribution in [0.4, 0.5) is 32.0 Å². The minimum Gasteiger partial charge on any atom is -0.421 e. The lowest BCUT2D eigenvalue weighted by atomic mass is 9.97. The Kier molecular flexibility index (Phi) is 12.7. The average Bonchev–Trinajstić information content (AvgIpc) is 3.88. The van der Waals surface area contributed by atoms with Crippen molar-refractivity contribution in [1.29, 1.82) is 0 Å². The molecule has 2 aliphatic rings. The second-order valence-electron chi connectivity index (χ2n) is 15.0. The highest BCUT2D eigenvalue weighted by Crippen LogP contribution is 2.41. The fourth-order valence-electron chi connectivity index (χ4n) is 8.15. The largest absolute Gasteiger partial charge is 0.480 e. The first-order chi connectivity index (χ1) is 29.5. The molecule has 0 N–H and O–H groups in total. The van der Waals surface area contributed by atoms with Gasteiger partial charge in [-0.25, -0.2) is 16.8 Å². The summed E-state index contributed by atoms with van der Waals surface area (Å²) in [5.74, 6) is 0. The molecule has 0 radical (unpaired) electrons. The SMILES string of the molecule is CCCCn1c(=CC=C2CCC(C=CC3=[N+](CCCC)c4cccc5cccc3c45)=C2c2ccccc2)c2cccc3cccc1c32.O=S(=O)([N-]S(=O)(=O)C(F)(F)F)C(F)(F)F. The van der Waals surface area contributed by atoms with Crippen LogP contribution < -0.4 is 5.35 Å². The van der Waals surface area contributed by atoms with Crippen LogP contribution in [0.1, 0.15) is 63.5 Å². The van der Waals surface area contributed by atoms with Crippen molar-refractivity contribution in [3.05, 3.63) is 153 Å². The number of nitrogens with zero attached hydrogens (tertiary/aromatic N) is 3. The molecule has 15 heteroatoms. The number of halogens is 6. The van der Waals surface area contributed by atoms with E-state index >= 15 is 0 Å². The summed E-state index contributed by atoms with van der Waals surface area (Å²) >= 11 is 0. The lowest BCUT2D eigenvalue weighted by Crippen LogP contribution is -2.30. The number of aromatic nitrogens is 1. The van der Waals surface area contributed by atoms with Crippen molar-refractivity contribution in [2.75, 3.05) is 6.54 Å². The molecule has 0 saturated heterocycles. The van der Waals surface area contributed by atoms with Crippen molar-refractivity contribution in [3.8, 4) is 0 Å². The van der Waals surface area contributed by atoms with E-state index in [9.17, 15) is 43.2 Å². The van der Waals surface area contributed by atoms with Gasteiger partial charge in [0.15, 0.2) is 20.0 Å². The number of alkyl halides is 6. The van der Waals surface area contributed by atoms with Gasteiger partial charge in [-0.3, -0.25) is 0 Å². The normalized spacial score (nSPS) is 15.9. The standard InChI is InChI=1S/C45H43N2.C2F6NO4S2/c1-3-5-30-46-39(37-20-10-16-33-18-12-22-41(46)44(33)37)28-26-35-24-25-36(43(35)32-14-8-7-9-15-32)27-29-40-38-21-11-17-34-19-13-23-42(45(34)38)47(40)31-6-4-2;3-1(4,5)14(10,11)9-15(12,13)2(6,7)8/h7-23,26-29H,3-6,24-25,30-31H2,1-2H3;/q+1;-1. The van der Waals surface area contributed by atoms with E-state index in [2.05, 4.69) is 150 Å². The highest BCUT2D eigenvalue weighted by Gasteiger charge is 2.47. The number of unbranched alkanes of at least 4 members (excludes halogenated alkanes) is 2. The van der Waals surface area contributed by atoms with Crippen LogP contribution >= 0.6 is 0 Å². The Labute approximate surface area is 356 Å². The third-order valence-electron chi connectivity index (χ3n) is 11.0. The van der Waals surface area contributed by atoms with Gasteiger partial charge in [-0.15, -0.1) is 0 Å². The van der Waals surface area contributed by atoms with Gasteiger partial charge >= 0.3 is 11.0 Å². The van der Waals surface area contributed by atoms with Crippen molar-refractivity contribution < 1.29 is 47.8 Å². The zero-order chi connectivity index (χ0) is 44.5. The summed E-state index contributed by atoms with van der Waals surface area (Å²) < 4.78 is 114. The number of rotatable bonds is 12. The Morgan fingerprint density at radius 2 is 1.29 bits per heavy atom. The number of allylic oxidation sites excluding steroid dienone is 6. The summed E-state index contributed by atoms with van der Waals surface area (Å²) in [6.07, 6.45) is 16.5. The highest BCUT2D eigenvalue weighted by atomic mass is 32.3. The second kappa shape index (κ2) is 17.7. The van der Waals surface area contributed by atoms with E-state index in [0.29, 0.717) is 0 Å².